The topological polar surface area (TPSA) is 95.7 Å². The van der Waals surface area contributed by atoms with E-state index in [4.69, 9.17) is 4.42 Å². The number of amides is 2. The monoisotopic (exact) mass is 369 g/mol. The Morgan fingerprint density at radius 3 is 2.85 bits per heavy atom. The van der Waals surface area contributed by atoms with Crippen molar-refractivity contribution in [1.29, 1.82) is 0 Å². The molecule has 1 aliphatic carbocycles. The lowest BCUT2D eigenvalue weighted by Crippen LogP contribution is -2.38. The molecule has 0 bridgehead atoms. The van der Waals surface area contributed by atoms with Crippen LogP contribution in [0.2, 0.25) is 0 Å². The molecule has 142 valence electrons. The highest BCUT2D eigenvalue weighted by Gasteiger charge is 2.55. The molecular weight excluding hydrogens is 346 g/mol. The van der Waals surface area contributed by atoms with Gasteiger partial charge in [0.1, 0.15) is 6.26 Å². The van der Waals surface area contributed by atoms with Crippen LogP contribution in [0.4, 0.5) is 10.5 Å². The minimum Gasteiger partial charge on any atom is -0.481 e. The predicted molar refractivity (Wildman–Crippen MR) is 99.4 cm³/mol. The smallest absolute Gasteiger partial charge is 0.321 e. The van der Waals surface area contributed by atoms with Crippen LogP contribution < -0.4 is 5.32 Å². The number of fused-ring (bicyclic) bond motifs is 1. The van der Waals surface area contributed by atoms with E-state index in [1.54, 1.807) is 11.2 Å². The van der Waals surface area contributed by atoms with Crippen LogP contribution in [0.15, 0.2) is 28.9 Å². The number of nitrogens with zero attached hydrogens (tertiary/aromatic N) is 2. The van der Waals surface area contributed by atoms with Crippen molar-refractivity contribution in [2.24, 2.45) is 11.3 Å². The number of aliphatic carboxylic acids is 1. The first-order valence-electron chi connectivity index (χ1n) is 9.21. The van der Waals surface area contributed by atoms with Gasteiger partial charge in [-0.05, 0) is 50.3 Å². The highest BCUT2D eigenvalue weighted by atomic mass is 16.4. The number of rotatable bonds is 3. The van der Waals surface area contributed by atoms with Gasteiger partial charge < -0.3 is 19.7 Å². The van der Waals surface area contributed by atoms with Gasteiger partial charge in [-0.25, -0.2) is 9.78 Å². The van der Waals surface area contributed by atoms with Gasteiger partial charge in [0.15, 0.2) is 0 Å². The van der Waals surface area contributed by atoms with Crippen LogP contribution in [0.25, 0.3) is 11.5 Å². The third kappa shape index (κ3) is 2.97. The van der Waals surface area contributed by atoms with Gasteiger partial charge in [0.05, 0.1) is 11.1 Å². The van der Waals surface area contributed by atoms with Gasteiger partial charge in [-0.1, -0.05) is 12.5 Å². The summed E-state index contributed by atoms with van der Waals surface area (Å²) in [6.45, 7) is 4.54. The Morgan fingerprint density at radius 2 is 2.19 bits per heavy atom. The molecule has 1 saturated carbocycles. The van der Waals surface area contributed by atoms with Gasteiger partial charge in [-0.2, -0.15) is 0 Å². The second-order valence-electron chi connectivity index (χ2n) is 7.68. The summed E-state index contributed by atoms with van der Waals surface area (Å²) in [5.74, 6) is -0.232. The average molecular weight is 369 g/mol. The molecule has 1 aromatic carbocycles. The lowest BCUT2D eigenvalue weighted by Gasteiger charge is -2.23. The predicted octanol–water partition coefficient (Wildman–Crippen LogP) is 3.68. The first-order chi connectivity index (χ1) is 12.9. The summed E-state index contributed by atoms with van der Waals surface area (Å²) in [6.07, 6.45) is 4.02. The number of carbonyl (C=O) groups is 2. The zero-order valence-corrected chi connectivity index (χ0v) is 15.5. The quantitative estimate of drug-likeness (QED) is 0.860. The third-order valence-corrected chi connectivity index (χ3v) is 5.93. The molecule has 2 aromatic rings. The maximum Gasteiger partial charge on any atom is 0.321 e. The summed E-state index contributed by atoms with van der Waals surface area (Å²) in [6, 6.07) is 5.38. The summed E-state index contributed by atoms with van der Waals surface area (Å²) >= 11 is 0. The molecule has 2 fully saturated rings. The number of benzene rings is 1. The molecule has 1 aliphatic heterocycles. The first-order valence-corrected chi connectivity index (χ1v) is 9.21. The number of hydrogen-bond acceptors (Lipinski definition) is 4. The summed E-state index contributed by atoms with van der Waals surface area (Å²) < 4.78 is 5.44. The van der Waals surface area contributed by atoms with E-state index < -0.39 is 11.4 Å². The Kier molecular flexibility index (Phi) is 4.17. The fourth-order valence-corrected chi connectivity index (χ4v) is 4.36. The second kappa shape index (κ2) is 6.40. The van der Waals surface area contributed by atoms with E-state index in [0.717, 1.165) is 29.7 Å². The van der Waals surface area contributed by atoms with Crippen molar-refractivity contribution in [3.05, 3.63) is 35.7 Å². The SMILES string of the molecule is Cc1coc(-c2ccc(C)c(NC(=O)N3C[C@@H]4CCC[C@@]4(C(=O)O)C3)c2)n1. The van der Waals surface area contributed by atoms with Crippen LogP contribution in [0.1, 0.15) is 30.5 Å². The lowest BCUT2D eigenvalue weighted by atomic mass is 9.81. The number of aryl methyl sites for hydroxylation is 2. The van der Waals surface area contributed by atoms with E-state index >= 15 is 0 Å². The zero-order valence-electron chi connectivity index (χ0n) is 15.5. The number of carbonyl (C=O) groups excluding carboxylic acids is 1. The molecular formula is C20H23N3O4. The molecule has 2 atom stereocenters. The second-order valence-corrected chi connectivity index (χ2v) is 7.68. The van der Waals surface area contributed by atoms with E-state index in [9.17, 15) is 14.7 Å². The zero-order chi connectivity index (χ0) is 19.2. The van der Waals surface area contributed by atoms with Crippen LogP contribution in [0.5, 0.6) is 0 Å². The molecule has 1 aromatic heterocycles. The molecule has 4 rings (SSSR count). The molecule has 0 unspecified atom stereocenters. The van der Waals surface area contributed by atoms with Crippen LogP contribution >= 0.6 is 0 Å². The molecule has 0 spiro atoms. The molecule has 27 heavy (non-hydrogen) atoms. The van der Waals surface area contributed by atoms with Gasteiger partial charge in [0.25, 0.3) is 0 Å². The number of anilines is 1. The third-order valence-electron chi connectivity index (χ3n) is 5.93. The summed E-state index contributed by atoms with van der Waals surface area (Å²) in [4.78, 5) is 30.6. The van der Waals surface area contributed by atoms with Gasteiger partial charge in [0.2, 0.25) is 5.89 Å². The van der Waals surface area contributed by atoms with Crippen molar-refractivity contribution in [3.63, 3.8) is 0 Å². The van der Waals surface area contributed by atoms with Crippen molar-refractivity contribution in [2.45, 2.75) is 33.1 Å². The van der Waals surface area contributed by atoms with Gasteiger partial charge in [-0.15, -0.1) is 0 Å². The maximum absolute atomic E-state index is 12.8. The fourth-order valence-electron chi connectivity index (χ4n) is 4.36. The van der Waals surface area contributed by atoms with Crippen molar-refractivity contribution >= 4 is 17.7 Å². The number of likely N-dealkylation sites (tertiary alicyclic amines) is 1. The molecule has 1 saturated heterocycles. The Labute approximate surface area is 157 Å². The Bertz CT molecular complexity index is 906. The van der Waals surface area contributed by atoms with E-state index in [2.05, 4.69) is 10.3 Å². The fraction of sp³-hybridized carbons (Fsp3) is 0.450. The standard InChI is InChI=1S/C20H23N3O4/c1-12-5-6-14(17-21-13(2)10-27-17)8-16(12)22-19(26)23-9-15-4-3-7-20(15,11-23)18(24)25/h5-6,8,10,15H,3-4,7,9,11H2,1-2H3,(H,22,26)(H,24,25)/t15-,20+/m0/s1. The van der Waals surface area contributed by atoms with Crippen molar-refractivity contribution in [3.8, 4) is 11.5 Å². The van der Waals surface area contributed by atoms with Crippen molar-refractivity contribution < 1.29 is 19.1 Å². The summed E-state index contributed by atoms with van der Waals surface area (Å²) in [5.41, 5.74) is 2.39. The average Bonchev–Trinajstić information content (AvgIpc) is 3.30. The highest BCUT2D eigenvalue weighted by Crippen LogP contribution is 2.49. The number of hydrogen-bond donors (Lipinski definition) is 2. The van der Waals surface area contributed by atoms with Crippen LogP contribution in [-0.2, 0) is 4.79 Å². The lowest BCUT2D eigenvalue weighted by molar-refractivity contribution is -0.149. The number of carboxylic acid groups (broad SMARTS) is 1. The minimum atomic E-state index is -0.780. The maximum atomic E-state index is 12.8. The molecule has 7 heteroatoms. The molecule has 7 nitrogen and oxygen atoms in total. The molecule has 2 amide bonds. The van der Waals surface area contributed by atoms with E-state index in [1.165, 1.54) is 0 Å². The summed E-state index contributed by atoms with van der Waals surface area (Å²) in [7, 11) is 0. The van der Waals surface area contributed by atoms with Crippen molar-refractivity contribution in [2.75, 3.05) is 18.4 Å². The summed E-state index contributed by atoms with van der Waals surface area (Å²) in [5, 5.41) is 12.6. The van der Waals surface area contributed by atoms with Crippen molar-refractivity contribution in [1.82, 2.24) is 9.88 Å². The van der Waals surface area contributed by atoms with Gasteiger partial charge in [-0.3, -0.25) is 4.79 Å². The molecule has 2 N–H and O–H groups in total. The van der Waals surface area contributed by atoms with Gasteiger partial charge in [0, 0.05) is 24.3 Å². The minimum absolute atomic E-state index is 0.0449. The number of nitrogens with one attached hydrogen (secondary N) is 1. The molecule has 2 aliphatic rings. The molecule has 2 heterocycles. The Morgan fingerprint density at radius 1 is 1.37 bits per heavy atom. The van der Waals surface area contributed by atoms with E-state index in [-0.39, 0.29) is 18.5 Å². The normalized spacial score (nSPS) is 24.1. The van der Waals surface area contributed by atoms with Crippen LogP contribution in [0.3, 0.4) is 0 Å². The van der Waals surface area contributed by atoms with Gasteiger partial charge >= 0.3 is 12.0 Å². The Balaban J connectivity index is 1.53. The Hall–Kier alpha value is -2.83. The first kappa shape index (κ1) is 17.6. The molecule has 0 radical (unpaired) electrons. The largest absolute Gasteiger partial charge is 0.481 e. The number of urea groups is 1. The van der Waals surface area contributed by atoms with Crippen LogP contribution in [0, 0.1) is 25.2 Å². The van der Waals surface area contributed by atoms with E-state index in [0.29, 0.717) is 24.5 Å². The number of aromatic nitrogens is 1. The number of carboxylic acids is 1. The number of oxazole rings is 1. The van der Waals surface area contributed by atoms with Crippen LogP contribution in [-0.4, -0.2) is 40.1 Å². The highest BCUT2D eigenvalue weighted by molar-refractivity contribution is 5.92. The van der Waals surface area contributed by atoms with E-state index in [1.807, 2.05) is 32.0 Å².